The third-order valence-electron chi connectivity index (χ3n) is 2.94. The van der Waals surface area contributed by atoms with Gasteiger partial charge in [0.25, 0.3) is 0 Å². The zero-order chi connectivity index (χ0) is 10.6. The molecule has 0 saturated heterocycles. The Hall–Kier alpha value is -0.830. The molecule has 1 aliphatic heterocycles. The predicted octanol–water partition coefficient (Wildman–Crippen LogP) is 1.29. The Morgan fingerprint density at radius 3 is 2.71 bits per heavy atom. The van der Waals surface area contributed by atoms with Crippen LogP contribution in [0.2, 0.25) is 0 Å². The summed E-state index contributed by atoms with van der Waals surface area (Å²) in [5.41, 5.74) is 8.04. The van der Waals surface area contributed by atoms with Crippen molar-refractivity contribution in [1.29, 1.82) is 0 Å². The van der Waals surface area contributed by atoms with E-state index in [4.69, 9.17) is 5.73 Å². The van der Waals surface area contributed by atoms with Gasteiger partial charge in [0.2, 0.25) is 5.91 Å². The molecule has 1 amide bonds. The second kappa shape index (κ2) is 5.15. The van der Waals surface area contributed by atoms with Crippen LogP contribution in [0.1, 0.15) is 32.6 Å². The first-order valence-electron chi connectivity index (χ1n) is 5.24. The third kappa shape index (κ3) is 3.50. The molecule has 0 atom stereocenters. The Bertz CT molecular complexity index is 246. The lowest BCUT2D eigenvalue weighted by Gasteiger charge is -2.12. The number of nitrogens with zero attached hydrogens (tertiary/aromatic N) is 1. The summed E-state index contributed by atoms with van der Waals surface area (Å²) in [6.45, 7) is 4.41. The molecular formula is C11H20N2O. The Morgan fingerprint density at radius 1 is 1.43 bits per heavy atom. The zero-order valence-corrected chi connectivity index (χ0v) is 9.18. The third-order valence-corrected chi connectivity index (χ3v) is 2.94. The van der Waals surface area contributed by atoms with Gasteiger partial charge in [-0.25, -0.2) is 0 Å². The molecule has 0 aromatic heterocycles. The van der Waals surface area contributed by atoms with Gasteiger partial charge in [0.1, 0.15) is 0 Å². The molecule has 0 aliphatic carbocycles. The van der Waals surface area contributed by atoms with Gasteiger partial charge >= 0.3 is 0 Å². The minimum Gasteiger partial charge on any atom is -0.370 e. The molecule has 80 valence electrons. The number of rotatable bonds is 3. The number of carbonyl (C=O) groups excluding carboxylic acids is 1. The average molecular weight is 196 g/mol. The molecule has 0 saturated carbocycles. The van der Waals surface area contributed by atoms with E-state index in [0.29, 0.717) is 6.42 Å². The van der Waals surface area contributed by atoms with Crippen LogP contribution in [0.4, 0.5) is 0 Å². The molecule has 0 fully saturated rings. The fourth-order valence-electron chi connectivity index (χ4n) is 1.80. The van der Waals surface area contributed by atoms with Gasteiger partial charge in [0.05, 0.1) is 0 Å². The Kier molecular flexibility index (Phi) is 4.14. The van der Waals surface area contributed by atoms with Crippen LogP contribution >= 0.6 is 0 Å². The summed E-state index contributed by atoms with van der Waals surface area (Å²) in [6, 6.07) is 0. The lowest BCUT2D eigenvalue weighted by atomic mass is 10.0. The molecule has 0 radical (unpaired) electrons. The van der Waals surface area contributed by atoms with Gasteiger partial charge < -0.3 is 10.6 Å². The summed E-state index contributed by atoms with van der Waals surface area (Å²) in [5, 5.41) is 0. The minimum absolute atomic E-state index is 0.192. The summed E-state index contributed by atoms with van der Waals surface area (Å²) in [7, 11) is 2.14. The lowest BCUT2D eigenvalue weighted by molar-refractivity contribution is -0.117. The molecule has 1 rings (SSSR count). The van der Waals surface area contributed by atoms with Crippen LogP contribution in [-0.4, -0.2) is 30.9 Å². The number of carbonyl (C=O) groups is 1. The quantitative estimate of drug-likeness (QED) is 0.691. The highest BCUT2D eigenvalue weighted by molar-refractivity contribution is 5.74. The van der Waals surface area contributed by atoms with Crippen LogP contribution in [-0.2, 0) is 4.79 Å². The largest absolute Gasteiger partial charge is 0.370 e. The Balaban J connectivity index is 2.51. The lowest BCUT2D eigenvalue weighted by Crippen LogP contribution is -2.19. The number of hydrogen-bond donors (Lipinski definition) is 1. The van der Waals surface area contributed by atoms with Gasteiger partial charge in [-0.1, -0.05) is 11.1 Å². The zero-order valence-electron chi connectivity index (χ0n) is 9.18. The van der Waals surface area contributed by atoms with Crippen molar-refractivity contribution in [3.63, 3.8) is 0 Å². The summed E-state index contributed by atoms with van der Waals surface area (Å²) in [5.74, 6) is -0.192. The van der Waals surface area contributed by atoms with Crippen molar-refractivity contribution in [3.05, 3.63) is 11.1 Å². The number of amides is 1. The molecule has 3 nitrogen and oxygen atoms in total. The van der Waals surface area contributed by atoms with Crippen molar-refractivity contribution in [3.8, 4) is 0 Å². The van der Waals surface area contributed by atoms with E-state index in [1.165, 1.54) is 11.1 Å². The minimum atomic E-state index is -0.192. The standard InChI is InChI=1S/C11H20N2O/c1-9-5-7-13(2)8-6-10(9)3-4-11(12)14/h3-8H2,1-2H3,(H2,12,14). The predicted molar refractivity (Wildman–Crippen MR) is 57.9 cm³/mol. The smallest absolute Gasteiger partial charge is 0.217 e. The molecule has 2 N–H and O–H groups in total. The van der Waals surface area contributed by atoms with Crippen LogP contribution in [0.5, 0.6) is 0 Å². The van der Waals surface area contributed by atoms with Crippen LogP contribution < -0.4 is 5.73 Å². The normalized spacial score (nSPS) is 19.6. The van der Waals surface area contributed by atoms with Crippen LogP contribution in [0.25, 0.3) is 0 Å². The van der Waals surface area contributed by atoms with Crippen molar-refractivity contribution < 1.29 is 4.79 Å². The first-order valence-corrected chi connectivity index (χ1v) is 5.24. The molecule has 14 heavy (non-hydrogen) atoms. The fraction of sp³-hybridized carbons (Fsp3) is 0.727. The van der Waals surface area contributed by atoms with E-state index in [9.17, 15) is 4.79 Å². The molecule has 0 aromatic carbocycles. The molecule has 0 unspecified atom stereocenters. The highest BCUT2D eigenvalue weighted by atomic mass is 16.1. The SMILES string of the molecule is CC1=C(CCC(N)=O)CCN(C)CC1. The van der Waals surface area contributed by atoms with Crippen molar-refractivity contribution in [2.45, 2.75) is 32.6 Å². The summed E-state index contributed by atoms with van der Waals surface area (Å²) in [4.78, 5) is 13.0. The van der Waals surface area contributed by atoms with E-state index in [-0.39, 0.29) is 5.91 Å². The Morgan fingerprint density at radius 2 is 2.07 bits per heavy atom. The molecule has 3 heteroatoms. The fourth-order valence-corrected chi connectivity index (χ4v) is 1.80. The van der Waals surface area contributed by atoms with Gasteiger partial charge in [-0.15, -0.1) is 0 Å². The van der Waals surface area contributed by atoms with E-state index in [0.717, 1.165) is 32.4 Å². The number of primary amides is 1. The van der Waals surface area contributed by atoms with Gasteiger partial charge in [-0.05, 0) is 33.2 Å². The molecule has 1 heterocycles. The van der Waals surface area contributed by atoms with Gasteiger partial charge in [0, 0.05) is 19.5 Å². The van der Waals surface area contributed by atoms with Crippen molar-refractivity contribution in [1.82, 2.24) is 4.90 Å². The van der Waals surface area contributed by atoms with Crippen LogP contribution in [0.15, 0.2) is 11.1 Å². The van der Waals surface area contributed by atoms with E-state index in [1.807, 2.05) is 0 Å². The van der Waals surface area contributed by atoms with E-state index in [2.05, 4.69) is 18.9 Å². The monoisotopic (exact) mass is 196 g/mol. The summed E-state index contributed by atoms with van der Waals surface area (Å²) in [6.07, 6.45) is 3.58. The highest BCUT2D eigenvalue weighted by Crippen LogP contribution is 2.21. The first kappa shape index (κ1) is 11.2. The maximum absolute atomic E-state index is 10.7. The van der Waals surface area contributed by atoms with Gasteiger partial charge in [0.15, 0.2) is 0 Å². The van der Waals surface area contributed by atoms with Gasteiger partial charge in [-0.2, -0.15) is 0 Å². The van der Waals surface area contributed by atoms with Crippen molar-refractivity contribution in [2.24, 2.45) is 5.73 Å². The second-order valence-corrected chi connectivity index (χ2v) is 4.15. The van der Waals surface area contributed by atoms with E-state index >= 15 is 0 Å². The topological polar surface area (TPSA) is 46.3 Å². The second-order valence-electron chi connectivity index (χ2n) is 4.15. The maximum Gasteiger partial charge on any atom is 0.217 e. The summed E-state index contributed by atoms with van der Waals surface area (Å²) >= 11 is 0. The first-order chi connectivity index (χ1) is 6.59. The highest BCUT2D eigenvalue weighted by Gasteiger charge is 2.11. The molecule has 0 bridgehead atoms. The van der Waals surface area contributed by atoms with Crippen molar-refractivity contribution in [2.75, 3.05) is 20.1 Å². The van der Waals surface area contributed by atoms with Gasteiger partial charge in [-0.3, -0.25) is 4.79 Å². The number of hydrogen-bond acceptors (Lipinski definition) is 2. The summed E-state index contributed by atoms with van der Waals surface area (Å²) < 4.78 is 0. The average Bonchev–Trinajstić information content (AvgIpc) is 2.27. The van der Waals surface area contributed by atoms with Crippen molar-refractivity contribution >= 4 is 5.91 Å². The molecule has 0 aromatic rings. The van der Waals surface area contributed by atoms with E-state index < -0.39 is 0 Å². The van der Waals surface area contributed by atoms with Crippen LogP contribution in [0.3, 0.4) is 0 Å². The van der Waals surface area contributed by atoms with E-state index in [1.54, 1.807) is 0 Å². The molecular weight excluding hydrogens is 176 g/mol. The Labute approximate surface area is 86.0 Å². The van der Waals surface area contributed by atoms with Crippen LogP contribution in [0, 0.1) is 0 Å². The number of nitrogens with two attached hydrogens (primary N) is 1. The maximum atomic E-state index is 10.7. The molecule has 0 spiro atoms. The molecule has 1 aliphatic rings.